The molecule has 0 radical (unpaired) electrons. The molecule has 1 fully saturated rings. The van der Waals surface area contributed by atoms with Gasteiger partial charge in [0.1, 0.15) is 5.69 Å². The van der Waals surface area contributed by atoms with Crippen molar-refractivity contribution in [2.24, 2.45) is 0 Å². The first-order valence-corrected chi connectivity index (χ1v) is 8.74. The van der Waals surface area contributed by atoms with E-state index in [0.29, 0.717) is 5.69 Å². The van der Waals surface area contributed by atoms with Crippen LogP contribution in [0.4, 0.5) is 11.5 Å². The molecule has 1 amide bonds. The molecule has 3 heterocycles. The minimum atomic E-state index is -0.450. The molecule has 0 atom stereocenters. The number of carbonyl (C=O) groups excluding carboxylic acids is 1. The summed E-state index contributed by atoms with van der Waals surface area (Å²) in [5.74, 6) is 0.440. The zero-order valence-electron chi connectivity index (χ0n) is 14.6. The van der Waals surface area contributed by atoms with Gasteiger partial charge in [0.2, 0.25) is 0 Å². The topological polar surface area (TPSA) is 104 Å². The molecule has 8 nitrogen and oxygen atoms in total. The number of hydrogen-bond donors (Lipinski definition) is 2. The van der Waals surface area contributed by atoms with E-state index < -0.39 is 5.91 Å². The Balaban J connectivity index is 1.52. The second kappa shape index (κ2) is 7.36. The summed E-state index contributed by atoms with van der Waals surface area (Å²) in [6.45, 7) is 2.04. The number of carbonyl (C=O) groups is 1. The van der Waals surface area contributed by atoms with E-state index in [1.165, 1.54) is 19.2 Å². The molecule has 27 heavy (non-hydrogen) atoms. The van der Waals surface area contributed by atoms with Crippen LogP contribution in [-0.2, 0) is 0 Å². The summed E-state index contributed by atoms with van der Waals surface area (Å²) in [4.78, 5) is 32.0. The van der Waals surface area contributed by atoms with E-state index in [9.17, 15) is 9.59 Å². The van der Waals surface area contributed by atoms with Gasteiger partial charge in [-0.15, -0.1) is 10.2 Å². The van der Waals surface area contributed by atoms with Crippen LogP contribution in [0.5, 0.6) is 0 Å². The van der Waals surface area contributed by atoms with Gasteiger partial charge in [-0.2, -0.15) is 0 Å². The van der Waals surface area contributed by atoms with Crippen LogP contribution >= 0.6 is 0 Å². The Hall–Kier alpha value is -3.55. The molecule has 1 saturated heterocycles. The molecule has 4 rings (SSSR count). The van der Waals surface area contributed by atoms with Crippen LogP contribution in [0.25, 0.3) is 11.3 Å². The molecule has 0 spiro atoms. The van der Waals surface area contributed by atoms with Crippen LogP contribution in [0, 0.1) is 0 Å². The lowest BCUT2D eigenvalue weighted by atomic mass is 10.1. The second-order valence-electron chi connectivity index (χ2n) is 6.30. The monoisotopic (exact) mass is 362 g/mol. The highest BCUT2D eigenvalue weighted by atomic mass is 16.2. The Labute approximate surface area is 155 Å². The number of aromatic amines is 1. The van der Waals surface area contributed by atoms with Gasteiger partial charge in [-0.1, -0.05) is 12.1 Å². The molecule has 136 valence electrons. The van der Waals surface area contributed by atoms with Crippen LogP contribution in [0.15, 0.2) is 53.6 Å². The van der Waals surface area contributed by atoms with Crippen molar-refractivity contribution in [2.45, 2.75) is 12.8 Å². The zero-order valence-corrected chi connectivity index (χ0v) is 14.6. The van der Waals surface area contributed by atoms with Gasteiger partial charge in [0.15, 0.2) is 5.82 Å². The number of hydrogen-bond acceptors (Lipinski definition) is 6. The predicted molar refractivity (Wildman–Crippen MR) is 102 cm³/mol. The summed E-state index contributed by atoms with van der Waals surface area (Å²) < 4.78 is 0. The number of H-pyrrole nitrogens is 1. The fourth-order valence-electron chi connectivity index (χ4n) is 3.04. The largest absolute Gasteiger partial charge is 0.355 e. The number of aromatic nitrogens is 4. The molecule has 0 aliphatic carbocycles. The Morgan fingerprint density at radius 2 is 1.93 bits per heavy atom. The molecule has 1 aliphatic rings. The predicted octanol–water partition coefficient (Wildman–Crippen LogP) is 2.08. The number of nitrogens with zero attached hydrogens (tertiary/aromatic N) is 4. The van der Waals surface area contributed by atoms with Gasteiger partial charge in [0.05, 0.1) is 12.0 Å². The number of amides is 1. The maximum atomic E-state index is 12.2. The van der Waals surface area contributed by atoms with Crippen LogP contribution in [0.3, 0.4) is 0 Å². The van der Waals surface area contributed by atoms with Gasteiger partial charge in [-0.05, 0) is 37.1 Å². The molecule has 0 bridgehead atoms. The second-order valence-corrected chi connectivity index (χ2v) is 6.30. The normalized spacial score (nSPS) is 13.6. The Morgan fingerprint density at radius 1 is 1.07 bits per heavy atom. The zero-order chi connectivity index (χ0) is 18.6. The number of nitrogens with one attached hydrogen (secondary N) is 2. The highest BCUT2D eigenvalue weighted by molar-refractivity contribution is 6.03. The van der Waals surface area contributed by atoms with Crippen molar-refractivity contribution in [3.63, 3.8) is 0 Å². The number of anilines is 2. The maximum Gasteiger partial charge on any atom is 0.274 e. The van der Waals surface area contributed by atoms with E-state index in [4.69, 9.17) is 0 Å². The first-order valence-electron chi connectivity index (χ1n) is 8.74. The molecule has 3 aromatic rings. The molecular weight excluding hydrogens is 344 g/mol. The van der Waals surface area contributed by atoms with Crippen molar-refractivity contribution in [1.82, 2.24) is 20.2 Å². The van der Waals surface area contributed by atoms with Gasteiger partial charge >= 0.3 is 0 Å². The maximum absolute atomic E-state index is 12.2. The summed E-state index contributed by atoms with van der Waals surface area (Å²) in [6, 6.07) is 12.4. The van der Waals surface area contributed by atoms with Crippen molar-refractivity contribution in [3.05, 3.63) is 64.8 Å². The van der Waals surface area contributed by atoms with E-state index in [2.05, 4.69) is 30.4 Å². The van der Waals surface area contributed by atoms with Crippen molar-refractivity contribution in [3.8, 4) is 11.3 Å². The fraction of sp³-hybridized carbons (Fsp3) is 0.211. The highest BCUT2D eigenvalue weighted by Crippen LogP contribution is 2.23. The first kappa shape index (κ1) is 16.9. The fourth-order valence-corrected chi connectivity index (χ4v) is 3.04. The molecule has 2 aromatic heterocycles. The summed E-state index contributed by atoms with van der Waals surface area (Å²) in [6.07, 6.45) is 3.58. The third kappa shape index (κ3) is 3.84. The van der Waals surface area contributed by atoms with Crippen LogP contribution < -0.4 is 15.8 Å². The summed E-state index contributed by atoms with van der Waals surface area (Å²) in [5.41, 5.74) is 1.83. The molecule has 8 heteroatoms. The lowest BCUT2D eigenvalue weighted by Gasteiger charge is -2.15. The Kier molecular flexibility index (Phi) is 4.61. The third-order valence-corrected chi connectivity index (χ3v) is 4.41. The van der Waals surface area contributed by atoms with Crippen LogP contribution in [0.1, 0.15) is 23.3 Å². The molecule has 0 saturated carbocycles. The SMILES string of the molecule is O=C(Nc1cccc(-c2ccc(N3CCCC3)nn2)c1)c1cc(=O)[nH]cn1. The van der Waals surface area contributed by atoms with Crippen molar-refractivity contribution >= 4 is 17.4 Å². The first-order chi connectivity index (χ1) is 13.2. The van der Waals surface area contributed by atoms with Crippen LogP contribution in [-0.4, -0.2) is 39.2 Å². The molecule has 1 aromatic carbocycles. The molecule has 1 aliphatic heterocycles. The van der Waals surface area contributed by atoms with Crippen LogP contribution in [0.2, 0.25) is 0 Å². The summed E-state index contributed by atoms with van der Waals surface area (Å²) in [5, 5.41) is 11.4. The van der Waals surface area contributed by atoms with E-state index in [-0.39, 0.29) is 11.3 Å². The van der Waals surface area contributed by atoms with E-state index in [0.717, 1.165) is 36.2 Å². The lowest BCUT2D eigenvalue weighted by molar-refractivity contribution is 0.102. The van der Waals surface area contributed by atoms with Gasteiger partial charge in [-0.25, -0.2) is 4.98 Å². The molecule has 2 N–H and O–H groups in total. The molecular formula is C19H18N6O2. The Morgan fingerprint density at radius 3 is 2.67 bits per heavy atom. The summed E-state index contributed by atoms with van der Waals surface area (Å²) in [7, 11) is 0. The minimum Gasteiger partial charge on any atom is -0.355 e. The number of benzene rings is 1. The smallest absolute Gasteiger partial charge is 0.274 e. The van der Waals surface area contributed by atoms with Gasteiger partial charge in [0.25, 0.3) is 11.5 Å². The van der Waals surface area contributed by atoms with Gasteiger partial charge < -0.3 is 15.2 Å². The van der Waals surface area contributed by atoms with Crippen molar-refractivity contribution in [1.29, 1.82) is 0 Å². The quantitative estimate of drug-likeness (QED) is 0.736. The third-order valence-electron chi connectivity index (χ3n) is 4.41. The lowest BCUT2D eigenvalue weighted by Crippen LogP contribution is -2.19. The average Bonchev–Trinajstić information content (AvgIpc) is 3.23. The minimum absolute atomic E-state index is 0.0545. The summed E-state index contributed by atoms with van der Waals surface area (Å²) >= 11 is 0. The van der Waals surface area contributed by atoms with Gasteiger partial charge in [0, 0.05) is 30.4 Å². The van der Waals surface area contributed by atoms with E-state index >= 15 is 0 Å². The highest BCUT2D eigenvalue weighted by Gasteiger charge is 2.14. The Bertz CT molecular complexity index is 1010. The van der Waals surface area contributed by atoms with Crippen molar-refractivity contribution in [2.75, 3.05) is 23.3 Å². The van der Waals surface area contributed by atoms with E-state index in [1.807, 2.05) is 30.3 Å². The van der Waals surface area contributed by atoms with Gasteiger partial charge in [-0.3, -0.25) is 9.59 Å². The average molecular weight is 362 g/mol. The van der Waals surface area contributed by atoms with E-state index in [1.54, 1.807) is 6.07 Å². The molecule has 0 unspecified atom stereocenters. The standard InChI is InChI=1S/C19H18N6O2/c26-18-11-16(20-12-21-18)19(27)22-14-5-3-4-13(10-14)15-6-7-17(24-23-15)25-8-1-2-9-25/h3-7,10-12H,1-2,8-9H2,(H,22,27)(H,20,21,26). The number of rotatable bonds is 4. The van der Waals surface area contributed by atoms with Crippen molar-refractivity contribution < 1.29 is 4.79 Å².